The summed E-state index contributed by atoms with van der Waals surface area (Å²) in [5.41, 5.74) is 1.41. The van der Waals surface area contributed by atoms with Crippen LogP contribution in [0, 0.1) is 0 Å². The van der Waals surface area contributed by atoms with E-state index in [0.717, 1.165) is 32.6 Å². The van der Waals surface area contributed by atoms with Crippen molar-refractivity contribution >= 4 is 0 Å². The number of ether oxygens (including phenoxy) is 1. The summed E-state index contributed by atoms with van der Waals surface area (Å²) < 4.78 is 5.56. The highest BCUT2D eigenvalue weighted by Crippen LogP contribution is 2.05. The molecule has 102 valence electrons. The second-order valence-electron chi connectivity index (χ2n) is 4.71. The first-order valence-electron chi connectivity index (χ1n) is 7.21. The highest BCUT2D eigenvalue weighted by atomic mass is 16.5. The van der Waals surface area contributed by atoms with E-state index in [1.807, 2.05) is 0 Å². The van der Waals surface area contributed by atoms with Crippen LogP contribution in [0.15, 0.2) is 30.3 Å². The largest absolute Gasteiger partial charge is 0.380 e. The molecule has 0 aromatic heterocycles. The first-order valence-corrected chi connectivity index (χ1v) is 7.21. The molecule has 0 radical (unpaired) electrons. The van der Waals surface area contributed by atoms with Crippen molar-refractivity contribution in [3.05, 3.63) is 35.9 Å². The average Bonchev–Trinajstić information content (AvgIpc) is 2.42. The maximum atomic E-state index is 5.56. The summed E-state index contributed by atoms with van der Waals surface area (Å²) >= 11 is 0. The maximum absolute atomic E-state index is 5.56. The summed E-state index contributed by atoms with van der Waals surface area (Å²) in [7, 11) is 0. The third kappa shape index (κ3) is 6.77. The topological polar surface area (TPSA) is 21.3 Å². The van der Waals surface area contributed by atoms with Crippen molar-refractivity contribution in [2.24, 2.45) is 0 Å². The molecule has 1 unspecified atom stereocenters. The van der Waals surface area contributed by atoms with E-state index >= 15 is 0 Å². The molecule has 0 spiro atoms. The van der Waals surface area contributed by atoms with Crippen molar-refractivity contribution in [3.8, 4) is 0 Å². The lowest BCUT2D eigenvalue weighted by Gasteiger charge is -2.17. The standard InChI is InChI=1S/C16H27NO/c1-3-5-12-18-13-11-17-16(4-2)14-15-9-7-6-8-10-15/h6-10,16-17H,3-5,11-14H2,1-2H3. The Morgan fingerprint density at radius 1 is 1.11 bits per heavy atom. The lowest BCUT2D eigenvalue weighted by atomic mass is 10.0. The number of benzene rings is 1. The molecule has 0 aliphatic heterocycles. The van der Waals surface area contributed by atoms with E-state index < -0.39 is 0 Å². The van der Waals surface area contributed by atoms with Crippen molar-refractivity contribution in [3.63, 3.8) is 0 Å². The van der Waals surface area contributed by atoms with Crippen LogP contribution in [0.3, 0.4) is 0 Å². The maximum Gasteiger partial charge on any atom is 0.0591 e. The second-order valence-corrected chi connectivity index (χ2v) is 4.71. The minimum absolute atomic E-state index is 0.558. The van der Waals surface area contributed by atoms with Gasteiger partial charge in [0.25, 0.3) is 0 Å². The van der Waals surface area contributed by atoms with Crippen molar-refractivity contribution in [1.29, 1.82) is 0 Å². The minimum Gasteiger partial charge on any atom is -0.380 e. The fourth-order valence-corrected chi connectivity index (χ4v) is 1.94. The van der Waals surface area contributed by atoms with Gasteiger partial charge in [-0.2, -0.15) is 0 Å². The van der Waals surface area contributed by atoms with Gasteiger partial charge in [-0.05, 0) is 24.8 Å². The summed E-state index contributed by atoms with van der Waals surface area (Å²) in [4.78, 5) is 0. The molecule has 0 bridgehead atoms. The smallest absolute Gasteiger partial charge is 0.0591 e. The van der Waals surface area contributed by atoms with Crippen LogP contribution < -0.4 is 5.32 Å². The minimum atomic E-state index is 0.558. The van der Waals surface area contributed by atoms with Crippen LogP contribution in [0.2, 0.25) is 0 Å². The number of rotatable bonds is 10. The van der Waals surface area contributed by atoms with Crippen LogP contribution in [-0.4, -0.2) is 25.8 Å². The van der Waals surface area contributed by atoms with Gasteiger partial charge in [-0.15, -0.1) is 0 Å². The molecule has 0 aliphatic carbocycles. The van der Waals surface area contributed by atoms with Crippen molar-refractivity contribution < 1.29 is 4.74 Å². The van der Waals surface area contributed by atoms with Crippen molar-refractivity contribution in [2.75, 3.05) is 19.8 Å². The zero-order chi connectivity index (χ0) is 13.1. The van der Waals surface area contributed by atoms with E-state index in [1.165, 1.54) is 18.4 Å². The van der Waals surface area contributed by atoms with Gasteiger partial charge in [-0.3, -0.25) is 0 Å². The van der Waals surface area contributed by atoms with Crippen LogP contribution in [-0.2, 0) is 11.2 Å². The molecule has 1 aromatic carbocycles. The number of hydrogen-bond acceptors (Lipinski definition) is 2. The molecule has 0 aliphatic rings. The molecule has 18 heavy (non-hydrogen) atoms. The molecule has 2 heteroatoms. The molecule has 0 fully saturated rings. The van der Waals surface area contributed by atoms with Gasteiger partial charge in [0, 0.05) is 19.2 Å². The van der Waals surface area contributed by atoms with E-state index in [0.29, 0.717) is 6.04 Å². The Hall–Kier alpha value is -0.860. The van der Waals surface area contributed by atoms with Crippen LogP contribution in [0.1, 0.15) is 38.7 Å². The Morgan fingerprint density at radius 3 is 2.56 bits per heavy atom. The van der Waals surface area contributed by atoms with Gasteiger partial charge >= 0.3 is 0 Å². The first-order chi connectivity index (χ1) is 8.86. The van der Waals surface area contributed by atoms with Crippen LogP contribution in [0.5, 0.6) is 0 Å². The summed E-state index contributed by atoms with van der Waals surface area (Å²) in [5.74, 6) is 0. The predicted molar refractivity (Wildman–Crippen MR) is 78.0 cm³/mol. The highest BCUT2D eigenvalue weighted by Gasteiger charge is 2.05. The Balaban J connectivity index is 2.14. The summed E-state index contributed by atoms with van der Waals surface area (Å²) in [6.07, 6.45) is 4.64. The zero-order valence-corrected chi connectivity index (χ0v) is 11.8. The van der Waals surface area contributed by atoms with E-state index in [9.17, 15) is 0 Å². The molecule has 0 heterocycles. The lowest BCUT2D eigenvalue weighted by molar-refractivity contribution is 0.130. The predicted octanol–water partition coefficient (Wildman–Crippen LogP) is 3.41. The van der Waals surface area contributed by atoms with Gasteiger partial charge in [0.1, 0.15) is 0 Å². The van der Waals surface area contributed by atoms with E-state index in [4.69, 9.17) is 4.74 Å². The van der Waals surface area contributed by atoms with Gasteiger partial charge < -0.3 is 10.1 Å². The molecular formula is C16H27NO. The fraction of sp³-hybridized carbons (Fsp3) is 0.625. The van der Waals surface area contributed by atoms with Crippen LogP contribution >= 0.6 is 0 Å². The number of nitrogens with one attached hydrogen (secondary N) is 1. The van der Waals surface area contributed by atoms with Gasteiger partial charge in [-0.1, -0.05) is 50.6 Å². The highest BCUT2D eigenvalue weighted by molar-refractivity contribution is 5.15. The van der Waals surface area contributed by atoms with Crippen LogP contribution in [0.25, 0.3) is 0 Å². The summed E-state index contributed by atoms with van der Waals surface area (Å²) in [6, 6.07) is 11.2. The van der Waals surface area contributed by atoms with Gasteiger partial charge in [0.2, 0.25) is 0 Å². The Bertz CT molecular complexity index is 286. The molecule has 0 saturated carbocycles. The van der Waals surface area contributed by atoms with E-state index in [-0.39, 0.29) is 0 Å². The third-order valence-corrected chi connectivity index (χ3v) is 3.14. The second kappa shape index (κ2) is 10.1. The van der Waals surface area contributed by atoms with E-state index in [2.05, 4.69) is 49.5 Å². The quantitative estimate of drug-likeness (QED) is 0.642. The van der Waals surface area contributed by atoms with Gasteiger partial charge in [-0.25, -0.2) is 0 Å². The average molecular weight is 249 g/mol. The summed E-state index contributed by atoms with van der Waals surface area (Å²) in [5, 5.41) is 3.57. The monoisotopic (exact) mass is 249 g/mol. The van der Waals surface area contributed by atoms with Gasteiger partial charge in [0.15, 0.2) is 0 Å². The SMILES string of the molecule is CCCCOCCNC(CC)Cc1ccccc1. The molecule has 0 saturated heterocycles. The third-order valence-electron chi connectivity index (χ3n) is 3.14. The van der Waals surface area contributed by atoms with Crippen molar-refractivity contribution in [2.45, 2.75) is 45.6 Å². The number of unbranched alkanes of at least 4 members (excludes halogenated alkanes) is 1. The normalized spacial score (nSPS) is 12.6. The molecule has 2 nitrogen and oxygen atoms in total. The molecule has 1 atom stereocenters. The first kappa shape index (κ1) is 15.2. The Labute approximate surface area is 112 Å². The molecule has 0 amide bonds. The van der Waals surface area contributed by atoms with Gasteiger partial charge in [0.05, 0.1) is 6.61 Å². The molecular weight excluding hydrogens is 222 g/mol. The molecule has 1 N–H and O–H groups in total. The Morgan fingerprint density at radius 2 is 1.89 bits per heavy atom. The molecule has 1 aromatic rings. The van der Waals surface area contributed by atoms with E-state index in [1.54, 1.807) is 0 Å². The zero-order valence-electron chi connectivity index (χ0n) is 11.8. The number of hydrogen-bond donors (Lipinski definition) is 1. The van der Waals surface area contributed by atoms with Crippen molar-refractivity contribution in [1.82, 2.24) is 5.32 Å². The Kier molecular flexibility index (Phi) is 8.53. The molecule has 1 rings (SSSR count). The summed E-state index contributed by atoms with van der Waals surface area (Å²) in [6.45, 7) is 7.10. The fourth-order valence-electron chi connectivity index (χ4n) is 1.94. The van der Waals surface area contributed by atoms with Crippen LogP contribution in [0.4, 0.5) is 0 Å². The lowest BCUT2D eigenvalue weighted by Crippen LogP contribution is -2.33.